The van der Waals surface area contributed by atoms with E-state index in [0.29, 0.717) is 21.2 Å². The Morgan fingerprint density at radius 3 is 2.68 bits per heavy atom. The van der Waals surface area contributed by atoms with E-state index in [1.165, 1.54) is 35.7 Å². The lowest BCUT2D eigenvalue weighted by atomic mass is 10.2. The van der Waals surface area contributed by atoms with Gasteiger partial charge in [0.15, 0.2) is 5.65 Å². The van der Waals surface area contributed by atoms with Gasteiger partial charge in [0, 0.05) is 21.1 Å². The van der Waals surface area contributed by atoms with E-state index in [0.717, 1.165) is 4.31 Å². The summed E-state index contributed by atoms with van der Waals surface area (Å²) in [5, 5.41) is 4.53. The zero-order valence-electron chi connectivity index (χ0n) is 13.8. The van der Waals surface area contributed by atoms with Crippen LogP contribution < -0.4 is 5.56 Å². The average Bonchev–Trinajstić information content (AvgIpc) is 2.85. The van der Waals surface area contributed by atoms with Crippen molar-refractivity contribution in [2.24, 2.45) is 7.05 Å². The van der Waals surface area contributed by atoms with Crippen molar-refractivity contribution in [1.82, 2.24) is 23.6 Å². The summed E-state index contributed by atoms with van der Waals surface area (Å²) in [6.07, 6.45) is 1.44. The predicted octanol–water partition coefficient (Wildman–Crippen LogP) is 1.19. The standard InChI is InChI=1S/C15H16BrN5O3S/c1-19(2)25(23,24)11-6-4-5-10(7-11)8-21-9-17-14-12(15(21)22)13(16)18-20(14)3/h4-7,9H,8H2,1-3H3. The van der Waals surface area contributed by atoms with E-state index in [9.17, 15) is 13.2 Å². The Labute approximate surface area is 152 Å². The van der Waals surface area contributed by atoms with Gasteiger partial charge in [0.25, 0.3) is 5.56 Å². The molecule has 0 fully saturated rings. The number of aryl methyl sites for hydroxylation is 1. The maximum atomic E-state index is 12.7. The molecule has 0 saturated carbocycles. The molecule has 0 bridgehead atoms. The monoisotopic (exact) mass is 425 g/mol. The molecule has 1 aromatic carbocycles. The van der Waals surface area contributed by atoms with Gasteiger partial charge in [-0.05, 0) is 33.6 Å². The second kappa shape index (κ2) is 6.36. The van der Waals surface area contributed by atoms with E-state index in [-0.39, 0.29) is 17.0 Å². The van der Waals surface area contributed by atoms with Gasteiger partial charge in [0.1, 0.15) is 16.3 Å². The molecule has 10 heteroatoms. The van der Waals surface area contributed by atoms with Crippen molar-refractivity contribution in [3.05, 3.63) is 51.1 Å². The van der Waals surface area contributed by atoms with Crippen LogP contribution in [-0.4, -0.2) is 46.1 Å². The number of hydrogen-bond donors (Lipinski definition) is 0. The lowest BCUT2D eigenvalue weighted by Gasteiger charge is -2.12. The molecule has 8 nitrogen and oxygen atoms in total. The molecule has 0 spiro atoms. The molecule has 0 aliphatic heterocycles. The molecule has 25 heavy (non-hydrogen) atoms. The lowest BCUT2D eigenvalue weighted by molar-refractivity contribution is 0.520. The lowest BCUT2D eigenvalue weighted by Crippen LogP contribution is -2.23. The van der Waals surface area contributed by atoms with E-state index in [1.807, 2.05) is 0 Å². The number of benzene rings is 1. The summed E-state index contributed by atoms with van der Waals surface area (Å²) >= 11 is 3.27. The smallest absolute Gasteiger partial charge is 0.265 e. The van der Waals surface area contributed by atoms with E-state index >= 15 is 0 Å². The molecule has 2 aromatic heterocycles. The van der Waals surface area contributed by atoms with Crippen molar-refractivity contribution >= 4 is 37.0 Å². The minimum Gasteiger partial charge on any atom is -0.294 e. The van der Waals surface area contributed by atoms with Crippen LogP contribution in [-0.2, 0) is 23.6 Å². The summed E-state index contributed by atoms with van der Waals surface area (Å²) < 4.78 is 29.0. The van der Waals surface area contributed by atoms with Gasteiger partial charge in [-0.15, -0.1) is 0 Å². The van der Waals surface area contributed by atoms with Crippen molar-refractivity contribution in [2.45, 2.75) is 11.4 Å². The van der Waals surface area contributed by atoms with Crippen molar-refractivity contribution in [3.8, 4) is 0 Å². The fourth-order valence-corrected chi connectivity index (χ4v) is 4.02. The van der Waals surface area contributed by atoms with Crippen molar-refractivity contribution in [1.29, 1.82) is 0 Å². The van der Waals surface area contributed by atoms with Crippen LogP contribution in [0.4, 0.5) is 0 Å². The molecule has 132 valence electrons. The van der Waals surface area contributed by atoms with Crippen LogP contribution in [0.25, 0.3) is 11.0 Å². The summed E-state index contributed by atoms with van der Waals surface area (Å²) in [6.45, 7) is 0.208. The summed E-state index contributed by atoms with van der Waals surface area (Å²) in [7, 11) is 1.13. The number of aromatic nitrogens is 4. The fraction of sp³-hybridized carbons (Fsp3) is 0.267. The Morgan fingerprint density at radius 2 is 2.00 bits per heavy atom. The van der Waals surface area contributed by atoms with E-state index in [1.54, 1.807) is 25.2 Å². The van der Waals surface area contributed by atoms with Gasteiger partial charge in [0.2, 0.25) is 10.0 Å². The zero-order valence-corrected chi connectivity index (χ0v) is 16.2. The predicted molar refractivity (Wildman–Crippen MR) is 96.9 cm³/mol. The van der Waals surface area contributed by atoms with Crippen LogP contribution in [0.5, 0.6) is 0 Å². The maximum Gasteiger partial charge on any atom is 0.265 e. The number of halogens is 1. The van der Waals surface area contributed by atoms with Crippen molar-refractivity contribution in [3.63, 3.8) is 0 Å². The minimum absolute atomic E-state index is 0.180. The van der Waals surface area contributed by atoms with Crippen LogP contribution in [0.15, 0.2) is 44.9 Å². The van der Waals surface area contributed by atoms with Crippen LogP contribution in [0, 0.1) is 0 Å². The molecule has 0 unspecified atom stereocenters. The van der Waals surface area contributed by atoms with Crippen LogP contribution in [0.2, 0.25) is 0 Å². The van der Waals surface area contributed by atoms with Gasteiger partial charge in [0.05, 0.1) is 11.4 Å². The Morgan fingerprint density at radius 1 is 1.28 bits per heavy atom. The SMILES string of the molecule is CN(C)S(=O)(=O)c1cccc(Cn2cnc3c(c(Br)nn3C)c2=O)c1. The third-order valence-electron chi connectivity index (χ3n) is 3.80. The Kier molecular flexibility index (Phi) is 4.52. The van der Waals surface area contributed by atoms with Gasteiger partial charge < -0.3 is 0 Å². The molecule has 2 heterocycles. The molecule has 0 atom stereocenters. The number of fused-ring (bicyclic) bond motifs is 1. The highest BCUT2D eigenvalue weighted by Gasteiger charge is 2.18. The Bertz CT molecular complexity index is 1120. The normalized spacial score (nSPS) is 12.2. The highest BCUT2D eigenvalue weighted by atomic mass is 79.9. The number of hydrogen-bond acceptors (Lipinski definition) is 5. The summed E-state index contributed by atoms with van der Waals surface area (Å²) in [6, 6.07) is 6.51. The maximum absolute atomic E-state index is 12.7. The van der Waals surface area contributed by atoms with Crippen LogP contribution >= 0.6 is 15.9 Å². The Hall–Kier alpha value is -2.04. The second-order valence-corrected chi connectivity index (χ2v) is 8.63. The number of nitrogens with zero attached hydrogens (tertiary/aromatic N) is 5. The molecule has 3 aromatic rings. The molecular weight excluding hydrogens is 410 g/mol. The first kappa shape index (κ1) is 17.8. The first-order chi connectivity index (χ1) is 11.7. The first-order valence-electron chi connectivity index (χ1n) is 7.31. The van der Waals surface area contributed by atoms with E-state index in [2.05, 4.69) is 26.0 Å². The van der Waals surface area contributed by atoms with Crippen molar-refractivity contribution in [2.75, 3.05) is 14.1 Å². The summed E-state index contributed by atoms with van der Waals surface area (Å²) in [4.78, 5) is 17.1. The number of rotatable bonds is 4. The third-order valence-corrected chi connectivity index (χ3v) is 6.16. The van der Waals surface area contributed by atoms with Crippen LogP contribution in [0.3, 0.4) is 0 Å². The molecule has 0 saturated heterocycles. The van der Waals surface area contributed by atoms with Crippen molar-refractivity contribution < 1.29 is 8.42 Å². The second-order valence-electron chi connectivity index (χ2n) is 5.73. The third kappa shape index (κ3) is 3.12. The minimum atomic E-state index is -3.53. The number of sulfonamides is 1. The van der Waals surface area contributed by atoms with E-state index in [4.69, 9.17) is 0 Å². The quantitative estimate of drug-likeness (QED) is 0.625. The largest absolute Gasteiger partial charge is 0.294 e. The molecule has 0 aliphatic carbocycles. The topological polar surface area (TPSA) is 90.1 Å². The van der Waals surface area contributed by atoms with Gasteiger partial charge in [-0.1, -0.05) is 12.1 Å². The van der Waals surface area contributed by atoms with Crippen LogP contribution in [0.1, 0.15) is 5.56 Å². The van der Waals surface area contributed by atoms with E-state index < -0.39 is 10.0 Å². The summed E-state index contributed by atoms with van der Waals surface area (Å²) in [5.74, 6) is 0. The molecule has 0 radical (unpaired) electrons. The molecule has 3 rings (SSSR count). The average molecular weight is 426 g/mol. The van der Waals surface area contributed by atoms with Gasteiger partial charge in [-0.2, -0.15) is 5.10 Å². The van der Waals surface area contributed by atoms with Gasteiger partial charge in [-0.3, -0.25) is 9.36 Å². The molecule has 0 amide bonds. The molecule has 0 aliphatic rings. The molecule has 0 N–H and O–H groups in total. The highest BCUT2D eigenvalue weighted by molar-refractivity contribution is 9.10. The first-order valence-corrected chi connectivity index (χ1v) is 9.54. The van der Waals surface area contributed by atoms with Gasteiger partial charge in [-0.25, -0.2) is 22.4 Å². The fourth-order valence-electron chi connectivity index (χ4n) is 2.46. The summed E-state index contributed by atoms with van der Waals surface area (Å²) in [5.41, 5.74) is 0.925. The molecular formula is C15H16BrN5O3S. The Balaban J connectivity index is 2.04. The van der Waals surface area contributed by atoms with Gasteiger partial charge >= 0.3 is 0 Å². The zero-order chi connectivity index (χ0) is 18.4. The highest BCUT2D eigenvalue weighted by Crippen LogP contribution is 2.18.